The fourth-order valence-corrected chi connectivity index (χ4v) is 4.53. The Kier molecular flexibility index (Phi) is 4.26. The molecule has 0 heterocycles. The van der Waals surface area contributed by atoms with Gasteiger partial charge in [-0.25, -0.2) is 0 Å². The quantitative estimate of drug-likeness (QED) is 0.888. The van der Waals surface area contributed by atoms with Gasteiger partial charge in [-0.1, -0.05) is 18.6 Å². The average molecular weight is 287 g/mol. The molecule has 1 aromatic rings. The summed E-state index contributed by atoms with van der Waals surface area (Å²) >= 11 is 0. The maximum atomic E-state index is 6.23. The molecule has 4 unspecified atom stereocenters. The van der Waals surface area contributed by atoms with Crippen molar-refractivity contribution in [3.8, 4) is 5.75 Å². The van der Waals surface area contributed by atoms with E-state index in [2.05, 4.69) is 32.9 Å². The van der Waals surface area contributed by atoms with E-state index < -0.39 is 0 Å². The molecule has 2 nitrogen and oxygen atoms in total. The van der Waals surface area contributed by atoms with Gasteiger partial charge in [-0.3, -0.25) is 0 Å². The fraction of sp³-hybridized carbons (Fsp3) is 0.684. The van der Waals surface area contributed by atoms with E-state index in [0.717, 1.165) is 36.5 Å². The second kappa shape index (κ2) is 6.00. The van der Waals surface area contributed by atoms with Crippen LogP contribution in [0.1, 0.15) is 49.3 Å². The molecule has 116 valence electrons. The molecule has 2 bridgehead atoms. The molecule has 0 aromatic heterocycles. The summed E-state index contributed by atoms with van der Waals surface area (Å²) in [7, 11) is 0. The highest BCUT2D eigenvalue weighted by molar-refractivity contribution is 5.43. The van der Waals surface area contributed by atoms with E-state index in [1.807, 2.05) is 0 Å². The van der Waals surface area contributed by atoms with Crippen LogP contribution < -0.4 is 10.5 Å². The van der Waals surface area contributed by atoms with Crippen molar-refractivity contribution in [1.29, 1.82) is 0 Å². The molecule has 0 saturated heterocycles. The van der Waals surface area contributed by atoms with Gasteiger partial charge in [-0.2, -0.15) is 0 Å². The first-order valence-corrected chi connectivity index (χ1v) is 8.51. The van der Waals surface area contributed by atoms with Crippen LogP contribution in [0, 0.1) is 31.6 Å². The fourth-order valence-electron chi connectivity index (χ4n) is 4.53. The molecule has 3 rings (SSSR count). The molecule has 0 amide bonds. The standard InChI is InChI=1S/C19H29NO/c1-12-6-16(8-14(3)20)7-13(2)19(12)21-11-18-10-15-4-5-17(18)9-15/h6-7,14-15,17-18H,4-5,8-11,20H2,1-3H3. The molecule has 2 heteroatoms. The number of rotatable bonds is 5. The topological polar surface area (TPSA) is 35.2 Å². The first-order chi connectivity index (χ1) is 10.0. The Balaban J connectivity index is 1.65. The van der Waals surface area contributed by atoms with Crippen LogP contribution >= 0.6 is 0 Å². The summed E-state index contributed by atoms with van der Waals surface area (Å²) in [5, 5.41) is 0. The number of nitrogens with two attached hydrogens (primary N) is 1. The highest BCUT2D eigenvalue weighted by Gasteiger charge is 2.39. The summed E-state index contributed by atoms with van der Waals surface area (Å²) in [6, 6.07) is 4.70. The van der Waals surface area contributed by atoms with E-state index >= 15 is 0 Å². The Labute approximate surface area is 129 Å². The van der Waals surface area contributed by atoms with Gasteiger partial charge >= 0.3 is 0 Å². The van der Waals surface area contributed by atoms with Gasteiger partial charge in [0, 0.05) is 6.04 Å². The van der Waals surface area contributed by atoms with Crippen LogP contribution in [0.5, 0.6) is 5.75 Å². The SMILES string of the molecule is Cc1cc(CC(C)N)cc(C)c1OCC1CC2CCC1C2. The summed E-state index contributed by atoms with van der Waals surface area (Å²) < 4.78 is 6.23. The molecule has 0 radical (unpaired) electrons. The Bertz CT molecular complexity index is 485. The predicted molar refractivity (Wildman–Crippen MR) is 87.7 cm³/mol. The summed E-state index contributed by atoms with van der Waals surface area (Å²) in [6.45, 7) is 7.29. The van der Waals surface area contributed by atoms with Gasteiger partial charge < -0.3 is 10.5 Å². The van der Waals surface area contributed by atoms with Gasteiger partial charge in [0.2, 0.25) is 0 Å². The molecule has 21 heavy (non-hydrogen) atoms. The predicted octanol–water partition coefficient (Wildman–Crippen LogP) is 4.01. The number of benzene rings is 1. The molecule has 2 fully saturated rings. The normalized spacial score (nSPS) is 28.9. The number of fused-ring (bicyclic) bond motifs is 2. The van der Waals surface area contributed by atoms with Gasteiger partial charge in [0.05, 0.1) is 6.61 Å². The van der Waals surface area contributed by atoms with Crippen molar-refractivity contribution in [1.82, 2.24) is 0 Å². The van der Waals surface area contributed by atoms with E-state index in [9.17, 15) is 0 Å². The molecule has 0 spiro atoms. The van der Waals surface area contributed by atoms with Crippen molar-refractivity contribution in [2.24, 2.45) is 23.5 Å². The zero-order valence-corrected chi connectivity index (χ0v) is 13.7. The van der Waals surface area contributed by atoms with Gasteiger partial charge in [0.15, 0.2) is 0 Å². The van der Waals surface area contributed by atoms with Crippen molar-refractivity contribution in [3.05, 3.63) is 28.8 Å². The second-order valence-corrected chi connectivity index (χ2v) is 7.49. The Morgan fingerprint density at radius 2 is 1.90 bits per heavy atom. The van der Waals surface area contributed by atoms with Crippen LogP contribution in [0.25, 0.3) is 0 Å². The zero-order valence-electron chi connectivity index (χ0n) is 13.7. The summed E-state index contributed by atoms with van der Waals surface area (Å²) in [6.07, 6.45) is 6.69. The van der Waals surface area contributed by atoms with Crippen LogP contribution in [0.4, 0.5) is 0 Å². The van der Waals surface area contributed by atoms with E-state index in [1.165, 1.54) is 42.4 Å². The third kappa shape index (κ3) is 3.26. The Hall–Kier alpha value is -1.02. The molecular formula is C19H29NO. The third-order valence-electron chi connectivity index (χ3n) is 5.40. The first-order valence-electron chi connectivity index (χ1n) is 8.51. The average Bonchev–Trinajstić information content (AvgIpc) is 2.99. The molecule has 0 aliphatic heterocycles. The van der Waals surface area contributed by atoms with Crippen LogP contribution in [-0.2, 0) is 6.42 Å². The number of hydrogen-bond donors (Lipinski definition) is 1. The Morgan fingerprint density at radius 3 is 2.43 bits per heavy atom. The van der Waals surface area contributed by atoms with E-state index in [-0.39, 0.29) is 6.04 Å². The third-order valence-corrected chi connectivity index (χ3v) is 5.40. The minimum atomic E-state index is 0.213. The summed E-state index contributed by atoms with van der Waals surface area (Å²) in [5.41, 5.74) is 9.75. The smallest absolute Gasteiger partial charge is 0.125 e. The molecule has 2 aliphatic rings. The number of aryl methyl sites for hydroxylation is 2. The van der Waals surface area contributed by atoms with Crippen molar-refractivity contribution < 1.29 is 4.74 Å². The van der Waals surface area contributed by atoms with Crippen LogP contribution in [-0.4, -0.2) is 12.6 Å². The second-order valence-electron chi connectivity index (χ2n) is 7.49. The largest absolute Gasteiger partial charge is 0.493 e. The summed E-state index contributed by atoms with van der Waals surface area (Å²) in [4.78, 5) is 0. The minimum absolute atomic E-state index is 0.213. The van der Waals surface area contributed by atoms with Crippen LogP contribution in [0.2, 0.25) is 0 Å². The van der Waals surface area contributed by atoms with Crippen molar-refractivity contribution in [2.75, 3.05) is 6.61 Å². The summed E-state index contributed by atoms with van der Waals surface area (Å²) in [5.74, 6) is 3.84. The maximum Gasteiger partial charge on any atom is 0.125 e. The van der Waals surface area contributed by atoms with Gasteiger partial charge in [0.1, 0.15) is 5.75 Å². The molecule has 4 atom stereocenters. The Morgan fingerprint density at radius 1 is 1.19 bits per heavy atom. The highest BCUT2D eigenvalue weighted by Crippen LogP contribution is 2.48. The van der Waals surface area contributed by atoms with Gasteiger partial charge in [-0.05, 0) is 80.9 Å². The van der Waals surface area contributed by atoms with Crippen molar-refractivity contribution in [2.45, 2.75) is 58.9 Å². The monoisotopic (exact) mass is 287 g/mol. The number of ether oxygens (including phenoxy) is 1. The van der Waals surface area contributed by atoms with Crippen molar-refractivity contribution in [3.63, 3.8) is 0 Å². The van der Waals surface area contributed by atoms with E-state index in [4.69, 9.17) is 10.5 Å². The maximum absolute atomic E-state index is 6.23. The molecule has 2 aliphatic carbocycles. The van der Waals surface area contributed by atoms with Gasteiger partial charge in [0.25, 0.3) is 0 Å². The lowest BCUT2D eigenvalue weighted by atomic mass is 9.89. The molecule has 2 N–H and O–H groups in total. The van der Waals surface area contributed by atoms with Crippen LogP contribution in [0.15, 0.2) is 12.1 Å². The van der Waals surface area contributed by atoms with Crippen molar-refractivity contribution >= 4 is 0 Å². The van der Waals surface area contributed by atoms with E-state index in [1.54, 1.807) is 0 Å². The molecule has 2 saturated carbocycles. The highest BCUT2D eigenvalue weighted by atomic mass is 16.5. The molecular weight excluding hydrogens is 258 g/mol. The van der Waals surface area contributed by atoms with E-state index in [0.29, 0.717) is 0 Å². The lowest BCUT2D eigenvalue weighted by Gasteiger charge is -2.23. The lowest BCUT2D eigenvalue weighted by molar-refractivity contribution is 0.193. The van der Waals surface area contributed by atoms with Crippen LogP contribution in [0.3, 0.4) is 0 Å². The van der Waals surface area contributed by atoms with Gasteiger partial charge in [-0.15, -0.1) is 0 Å². The number of hydrogen-bond acceptors (Lipinski definition) is 2. The molecule has 1 aromatic carbocycles. The first kappa shape index (κ1) is 14.9. The minimum Gasteiger partial charge on any atom is -0.493 e. The zero-order chi connectivity index (χ0) is 15.0. The lowest BCUT2D eigenvalue weighted by Crippen LogP contribution is -2.19.